The maximum Gasteiger partial charge on any atom is 0.328 e. The van der Waals surface area contributed by atoms with Crippen molar-refractivity contribution >= 4 is 53.2 Å². The van der Waals surface area contributed by atoms with E-state index in [0.717, 1.165) is 0 Å². The molecule has 0 radical (unpaired) electrons. The highest BCUT2D eigenvalue weighted by Gasteiger charge is 2.36. The minimum atomic E-state index is -1.68. The molecule has 1 rings (SSSR count). The molecule has 8 amide bonds. The second-order valence-electron chi connectivity index (χ2n) is 20.5. The summed E-state index contributed by atoms with van der Waals surface area (Å²) in [6.07, 6.45) is 2.08. The van der Waals surface area contributed by atoms with E-state index in [2.05, 4.69) is 42.5 Å². The minimum Gasteiger partial charge on any atom is -0.480 e. The first-order valence-electron chi connectivity index (χ1n) is 27.9. The van der Waals surface area contributed by atoms with Gasteiger partial charge in [0.05, 0.1) is 12.2 Å². The van der Waals surface area contributed by atoms with Gasteiger partial charge in [-0.15, -0.1) is 0 Å². The summed E-state index contributed by atoms with van der Waals surface area (Å²) in [6, 6.07) is -3.10. The molecule has 0 aliphatic rings. The Bertz CT molecular complexity index is 2000. The van der Waals surface area contributed by atoms with Crippen LogP contribution in [-0.4, -0.2) is 168 Å². The van der Waals surface area contributed by atoms with Crippen molar-refractivity contribution in [3.63, 3.8) is 0 Å². The number of aliphatic hydroxyl groups excluding tert-OH is 2. The van der Waals surface area contributed by atoms with Crippen molar-refractivity contribution < 1.29 is 58.5 Å². The average Bonchev–Trinajstić information content (AvgIpc) is 3.41. The first-order valence-corrected chi connectivity index (χ1v) is 27.9. The van der Waals surface area contributed by atoms with E-state index in [1.807, 2.05) is 13.8 Å². The average molecular weight is 1120 g/mol. The number of unbranched alkanes of at least 4 members (excludes halogenated alkanes) is 5. The molecule has 0 heterocycles. The summed E-state index contributed by atoms with van der Waals surface area (Å²) in [6.45, 7) is 7.58. The molecule has 0 bridgehead atoms. The first-order chi connectivity index (χ1) is 37.5. The molecule has 0 aliphatic heterocycles. The summed E-state index contributed by atoms with van der Waals surface area (Å²) in [5, 5.41) is 50.9. The SMILES string of the molecule is CC(C)C[C@H](NC(=O)[C@@H](Cc1ccccc1)NC(=O)[C@H](CCCCN)NC(=O)[C@H](CCCCN)NC(=O)[C@H](CCCCN)NC(=O)[C@@H](N)[C@@H](C)O)C(=O)N[C@@H](CCCCN)C(=O)N[C@@H](CCCCN)C(=O)N[C@H](C(=O)O)[C@@H](C)O. The van der Waals surface area contributed by atoms with E-state index in [4.69, 9.17) is 34.4 Å². The largest absolute Gasteiger partial charge is 0.480 e. The summed E-state index contributed by atoms with van der Waals surface area (Å²) in [7, 11) is 0. The molecule has 0 saturated carbocycles. The molecule has 0 aliphatic carbocycles. The predicted molar refractivity (Wildman–Crippen MR) is 299 cm³/mol. The topological polar surface area (TPSA) is 467 Å². The van der Waals surface area contributed by atoms with E-state index < -0.39 is 120 Å². The molecule has 79 heavy (non-hydrogen) atoms. The Morgan fingerprint density at radius 3 is 1.00 bits per heavy atom. The standard InChI is InChI=1S/C53H96N14O12/c1-32(2)30-41(50(75)63-37(21-9-14-26-55)46(71)62-40(24-12-17-29-58)49(74)67-44(34(4)69)53(78)79)65-51(76)42(31-35-18-6-5-7-19-35)66-48(73)38(22-10-15-27-56)61-45(70)36(20-8-13-25-54)60-47(72)39(23-11-16-28-57)64-52(77)43(59)33(3)68/h5-7,18-19,32-34,36-44,68-69H,8-17,20-31,54-59H2,1-4H3,(H,60,72)(H,61,70)(H,62,71)(H,63,75)(H,64,77)(H,65,76)(H,66,73)(H,67,74)(H,78,79)/t33-,34-,36+,37+,38+,39+,40+,41+,42-,43+,44+/m1/s1. The van der Waals surface area contributed by atoms with Gasteiger partial charge in [0.15, 0.2) is 6.04 Å². The summed E-state index contributed by atoms with van der Waals surface area (Å²) in [5.41, 5.74) is 35.2. The van der Waals surface area contributed by atoms with E-state index >= 15 is 0 Å². The second kappa shape index (κ2) is 40.3. The molecule has 0 fully saturated rings. The number of hydrogen-bond donors (Lipinski definition) is 17. The summed E-state index contributed by atoms with van der Waals surface area (Å²) >= 11 is 0. The van der Waals surface area contributed by atoms with Crippen LogP contribution >= 0.6 is 0 Å². The molecule has 11 atom stereocenters. The highest BCUT2D eigenvalue weighted by Crippen LogP contribution is 2.14. The van der Waals surface area contributed by atoms with Crippen LogP contribution in [0.2, 0.25) is 0 Å². The molecule has 26 nitrogen and oxygen atoms in total. The lowest BCUT2D eigenvalue weighted by atomic mass is 9.99. The lowest BCUT2D eigenvalue weighted by Crippen LogP contribution is -2.61. The molecule has 0 saturated heterocycles. The number of rotatable bonds is 43. The Morgan fingerprint density at radius 1 is 0.405 bits per heavy atom. The highest BCUT2D eigenvalue weighted by atomic mass is 16.4. The molecule has 1 aromatic carbocycles. The Balaban J connectivity index is 3.66. The van der Waals surface area contributed by atoms with Gasteiger partial charge < -0.3 is 92.3 Å². The molecule has 1 aromatic rings. The van der Waals surface area contributed by atoms with Crippen molar-refractivity contribution in [2.45, 2.75) is 203 Å². The molecule has 26 heteroatoms. The van der Waals surface area contributed by atoms with Gasteiger partial charge in [0.2, 0.25) is 47.3 Å². The fourth-order valence-electron chi connectivity index (χ4n) is 8.33. The number of amides is 8. The van der Waals surface area contributed by atoms with E-state index in [1.54, 1.807) is 30.3 Å². The normalized spacial score (nSPS) is 15.5. The van der Waals surface area contributed by atoms with Crippen LogP contribution in [0.15, 0.2) is 30.3 Å². The fourth-order valence-corrected chi connectivity index (χ4v) is 8.33. The number of nitrogens with one attached hydrogen (secondary N) is 8. The second-order valence-corrected chi connectivity index (χ2v) is 20.5. The number of aliphatic carboxylic acids is 1. The zero-order valence-electron chi connectivity index (χ0n) is 46.9. The van der Waals surface area contributed by atoms with Crippen LogP contribution in [0.3, 0.4) is 0 Å². The van der Waals surface area contributed by atoms with E-state index in [9.17, 15) is 58.5 Å². The smallest absolute Gasteiger partial charge is 0.328 e. The van der Waals surface area contributed by atoms with Gasteiger partial charge in [-0.3, -0.25) is 38.4 Å². The Kier molecular flexibility index (Phi) is 36.3. The third-order valence-electron chi connectivity index (χ3n) is 13.0. The molecular weight excluding hydrogens is 1020 g/mol. The molecule has 0 unspecified atom stereocenters. The molecule has 450 valence electrons. The molecular formula is C53H96N14O12. The monoisotopic (exact) mass is 1120 g/mol. The van der Waals surface area contributed by atoms with Crippen LogP contribution in [0.5, 0.6) is 0 Å². The summed E-state index contributed by atoms with van der Waals surface area (Å²) < 4.78 is 0. The van der Waals surface area contributed by atoms with Gasteiger partial charge in [-0.05, 0) is 161 Å². The zero-order valence-corrected chi connectivity index (χ0v) is 46.9. The van der Waals surface area contributed by atoms with Crippen molar-refractivity contribution in [2.24, 2.45) is 40.3 Å². The number of carbonyl (C=O) groups is 9. The number of carboxylic acids is 1. The number of aliphatic hydroxyl groups is 2. The number of carbonyl (C=O) groups excluding carboxylic acids is 8. The van der Waals surface area contributed by atoms with E-state index in [0.29, 0.717) is 76.3 Å². The van der Waals surface area contributed by atoms with Crippen molar-refractivity contribution in [2.75, 3.05) is 32.7 Å². The third kappa shape index (κ3) is 28.7. The predicted octanol–water partition coefficient (Wildman–Crippen LogP) is -3.03. The van der Waals surface area contributed by atoms with Crippen LogP contribution in [0.1, 0.15) is 136 Å². The van der Waals surface area contributed by atoms with Crippen molar-refractivity contribution in [1.29, 1.82) is 0 Å². The number of nitrogens with two attached hydrogens (primary N) is 6. The van der Waals surface area contributed by atoms with Gasteiger partial charge in [0.1, 0.15) is 48.3 Å². The summed E-state index contributed by atoms with van der Waals surface area (Å²) in [5.74, 6) is -7.87. The zero-order chi connectivity index (χ0) is 59.5. The van der Waals surface area contributed by atoms with Crippen molar-refractivity contribution in [3.8, 4) is 0 Å². The van der Waals surface area contributed by atoms with Gasteiger partial charge in [-0.2, -0.15) is 0 Å². The number of carboxylic acid groups (broad SMARTS) is 1. The first kappa shape index (κ1) is 71.1. The van der Waals surface area contributed by atoms with Crippen molar-refractivity contribution in [3.05, 3.63) is 35.9 Å². The quantitative estimate of drug-likeness (QED) is 0.0289. The van der Waals surface area contributed by atoms with Crippen molar-refractivity contribution in [1.82, 2.24) is 42.5 Å². The van der Waals surface area contributed by atoms with Gasteiger partial charge >= 0.3 is 5.97 Å². The van der Waals surface area contributed by atoms with Crippen LogP contribution < -0.4 is 76.9 Å². The highest BCUT2D eigenvalue weighted by molar-refractivity contribution is 5.98. The third-order valence-corrected chi connectivity index (χ3v) is 13.0. The van der Waals surface area contributed by atoms with Crippen LogP contribution in [0.25, 0.3) is 0 Å². The van der Waals surface area contributed by atoms with Crippen LogP contribution in [-0.2, 0) is 49.6 Å². The van der Waals surface area contributed by atoms with Crippen LogP contribution in [0.4, 0.5) is 0 Å². The van der Waals surface area contributed by atoms with Gasteiger partial charge in [-0.1, -0.05) is 44.2 Å². The Hall–Kier alpha value is -5.87. The lowest BCUT2D eigenvalue weighted by Gasteiger charge is -2.29. The lowest BCUT2D eigenvalue weighted by molar-refractivity contribution is -0.145. The maximum absolute atomic E-state index is 14.6. The fraction of sp³-hybridized carbons (Fsp3) is 0.717. The molecule has 0 spiro atoms. The van der Waals surface area contributed by atoms with E-state index in [1.165, 1.54) is 13.8 Å². The number of benzene rings is 1. The van der Waals surface area contributed by atoms with Gasteiger partial charge in [0, 0.05) is 6.42 Å². The molecule has 0 aromatic heterocycles. The van der Waals surface area contributed by atoms with Crippen LogP contribution in [0, 0.1) is 5.92 Å². The number of hydrogen-bond acceptors (Lipinski definition) is 17. The Morgan fingerprint density at radius 2 is 0.696 bits per heavy atom. The minimum absolute atomic E-state index is 0.0495. The van der Waals surface area contributed by atoms with Gasteiger partial charge in [0.25, 0.3) is 0 Å². The van der Waals surface area contributed by atoms with E-state index in [-0.39, 0.29) is 77.0 Å². The maximum atomic E-state index is 14.6. The summed E-state index contributed by atoms with van der Waals surface area (Å²) in [4.78, 5) is 124. The Labute approximate surface area is 465 Å². The van der Waals surface area contributed by atoms with Gasteiger partial charge in [-0.25, -0.2) is 4.79 Å². The molecule has 23 N–H and O–H groups in total.